The topological polar surface area (TPSA) is 88.0 Å². The van der Waals surface area contributed by atoms with Crippen LogP contribution in [0.1, 0.15) is 18.1 Å². The normalized spacial score (nSPS) is 17.2. The third-order valence-electron chi connectivity index (χ3n) is 5.19. The first-order valence-electron chi connectivity index (χ1n) is 10.6. The average Bonchev–Trinajstić information content (AvgIpc) is 2.79. The van der Waals surface area contributed by atoms with Crippen LogP contribution in [0.25, 0.3) is 0 Å². The molecule has 0 spiro atoms. The Kier molecular flexibility index (Phi) is 10.6. The molecule has 0 fully saturated rings. The molecular formula is C18H8BF22NO5. The summed E-state index contributed by atoms with van der Waals surface area (Å²) in [6.07, 6.45) is -46.5. The molecule has 0 radical (unpaired) electrons. The summed E-state index contributed by atoms with van der Waals surface area (Å²) in [5, 5.41) is 19.6. The predicted octanol–water partition coefficient (Wildman–Crippen LogP) is 6.31. The van der Waals surface area contributed by atoms with Crippen LogP contribution in [0, 0.1) is 0 Å². The minimum absolute atomic E-state index is 0.103. The molecule has 6 nitrogen and oxygen atoms in total. The molecule has 47 heavy (non-hydrogen) atoms. The Morgan fingerprint density at radius 1 is 0.596 bits per heavy atom. The van der Waals surface area contributed by atoms with Crippen LogP contribution < -0.4 is 10.8 Å². The van der Waals surface area contributed by atoms with Crippen molar-refractivity contribution in [2.45, 2.75) is 67.4 Å². The molecule has 0 heterocycles. The summed E-state index contributed by atoms with van der Waals surface area (Å²) < 4.78 is 301. The van der Waals surface area contributed by atoms with Crippen LogP contribution in [0.3, 0.4) is 0 Å². The summed E-state index contributed by atoms with van der Waals surface area (Å²) in [6, 6.07) is -2.02. The zero-order valence-electron chi connectivity index (χ0n) is 21.2. The van der Waals surface area contributed by atoms with E-state index in [0.717, 1.165) is 5.32 Å². The van der Waals surface area contributed by atoms with Crippen molar-refractivity contribution in [1.29, 1.82) is 0 Å². The van der Waals surface area contributed by atoms with Gasteiger partial charge in [0.15, 0.2) is 0 Å². The zero-order valence-corrected chi connectivity index (χ0v) is 21.2. The number of hydrogen-bond donors (Lipinski definition) is 3. The summed E-state index contributed by atoms with van der Waals surface area (Å²) in [7, 11) is -4.68. The molecule has 272 valence electrons. The van der Waals surface area contributed by atoms with E-state index in [4.69, 9.17) is 0 Å². The van der Waals surface area contributed by atoms with Crippen molar-refractivity contribution in [1.82, 2.24) is 0 Å². The van der Waals surface area contributed by atoms with Crippen LogP contribution >= 0.6 is 0 Å². The standard InChI is InChI=1S/C18H8BF22NO5/c1-4(43)42-6-3-2-5(9(20,13(26,27)28)46-17(38,39)11(22,23)15(32,33)34)8(19(44)45)7(6)10(21,14(29,30)31)47-18(40,41)12(24,25)16(35,36)37/h2-3,44-45H,1H3,(H,42,43). The highest BCUT2D eigenvalue weighted by molar-refractivity contribution is 6.60. The highest BCUT2D eigenvalue weighted by Crippen LogP contribution is 2.57. The van der Waals surface area contributed by atoms with Crippen molar-refractivity contribution in [3.8, 4) is 0 Å². The van der Waals surface area contributed by atoms with E-state index < -0.39 is 108 Å². The van der Waals surface area contributed by atoms with Crippen molar-refractivity contribution < 1.29 is 121 Å². The number of carbonyl (C=O) groups excluding carboxylic acids is 1. The largest absolute Gasteiger partial charge is 0.489 e. The molecule has 2 atom stereocenters. The Morgan fingerprint density at radius 2 is 0.936 bits per heavy atom. The molecule has 29 heteroatoms. The molecular weight excluding hydrogens is 739 g/mol. The summed E-state index contributed by atoms with van der Waals surface area (Å²) >= 11 is 0. The van der Waals surface area contributed by atoms with Gasteiger partial charge >= 0.3 is 67.6 Å². The fraction of sp³-hybridized carbons (Fsp3) is 0.611. The lowest BCUT2D eigenvalue weighted by atomic mass is 9.69. The number of amides is 1. The van der Waals surface area contributed by atoms with E-state index >= 15 is 8.78 Å². The van der Waals surface area contributed by atoms with Gasteiger partial charge in [-0.1, -0.05) is 6.07 Å². The Balaban J connectivity index is 4.57. The Bertz CT molecular complexity index is 1320. The van der Waals surface area contributed by atoms with E-state index in [2.05, 4.69) is 0 Å². The van der Waals surface area contributed by atoms with Gasteiger partial charge < -0.3 is 15.4 Å². The summed E-state index contributed by atoms with van der Waals surface area (Å²) in [4.78, 5) is 11.4. The van der Waals surface area contributed by atoms with Gasteiger partial charge in [0.2, 0.25) is 5.91 Å². The summed E-state index contributed by atoms with van der Waals surface area (Å²) in [5.74, 6) is -32.5. The first-order chi connectivity index (χ1) is 20.3. The van der Waals surface area contributed by atoms with Crippen LogP contribution in [-0.4, -0.2) is 71.8 Å². The maximum atomic E-state index is 15.6. The second kappa shape index (κ2) is 11.9. The number of rotatable bonds is 10. The molecule has 0 aliphatic heterocycles. The van der Waals surface area contributed by atoms with Gasteiger partial charge in [0.05, 0.1) is 0 Å². The average molecular weight is 747 g/mol. The lowest BCUT2D eigenvalue weighted by molar-refractivity contribution is -0.489. The van der Waals surface area contributed by atoms with Crippen LogP contribution in [0.5, 0.6) is 0 Å². The third-order valence-corrected chi connectivity index (χ3v) is 5.19. The van der Waals surface area contributed by atoms with Crippen LogP contribution in [0.4, 0.5) is 102 Å². The first-order valence-corrected chi connectivity index (χ1v) is 10.6. The Morgan fingerprint density at radius 3 is 1.21 bits per heavy atom. The van der Waals surface area contributed by atoms with Crippen LogP contribution in [-0.2, 0) is 26.0 Å². The lowest BCUT2D eigenvalue weighted by Crippen LogP contribution is -2.61. The first kappa shape index (κ1) is 42.1. The van der Waals surface area contributed by atoms with Gasteiger partial charge in [-0.15, -0.1) is 0 Å². The van der Waals surface area contributed by atoms with E-state index in [9.17, 15) is 103 Å². The van der Waals surface area contributed by atoms with Crippen LogP contribution in [0.15, 0.2) is 12.1 Å². The third kappa shape index (κ3) is 7.25. The Labute approximate surface area is 242 Å². The van der Waals surface area contributed by atoms with E-state index in [1.807, 2.05) is 9.47 Å². The minimum Gasteiger partial charge on any atom is -0.423 e. The van der Waals surface area contributed by atoms with Gasteiger partial charge in [-0.25, -0.2) is 0 Å². The number of alkyl halides is 22. The molecule has 2 unspecified atom stereocenters. The van der Waals surface area contributed by atoms with Crippen LogP contribution in [0.2, 0.25) is 0 Å². The second-order valence-corrected chi connectivity index (χ2v) is 8.57. The number of nitrogens with one attached hydrogen (secondary N) is 1. The van der Waals surface area contributed by atoms with Crippen molar-refractivity contribution in [2.75, 3.05) is 5.32 Å². The number of halogens is 22. The maximum absolute atomic E-state index is 15.6. The summed E-state index contributed by atoms with van der Waals surface area (Å²) in [6.45, 7) is 0.103. The number of benzene rings is 1. The van der Waals surface area contributed by atoms with Gasteiger partial charge in [-0.05, 0) is 6.07 Å². The molecule has 0 saturated heterocycles. The molecule has 1 amide bonds. The fourth-order valence-corrected chi connectivity index (χ4v) is 3.14. The van der Waals surface area contributed by atoms with Gasteiger partial charge in [-0.2, -0.15) is 96.6 Å². The van der Waals surface area contributed by atoms with E-state index in [-0.39, 0.29) is 6.92 Å². The molecule has 1 aromatic rings. The van der Waals surface area contributed by atoms with E-state index in [1.54, 1.807) is 0 Å². The molecule has 0 bridgehead atoms. The smallest absolute Gasteiger partial charge is 0.423 e. The molecule has 0 saturated carbocycles. The molecule has 0 aliphatic rings. The zero-order chi connectivity index (χ0) is 38.0. The molecule has 0 aromatic heterocycles. The van der Waals surface area contributed by atoms with Gasteiger partial charge in [0.1, 0.15) is 0 Å². The molecule has 3 N–H and O–H groups in total. The quantitative estimate of drug-likeness (QED) is 0.193. The maximum Gasteiger partial charge on any atom is 0.489 e. The summed E-state index contributed by atoms with van der Waals surface area (Å²) in [5.41, 5.74) is -13.7. The number of hydrogen-bond acceptors (Lipinski definition) is 5. The van der Waals surface area contributed by atoms with Gasteiger partial charge in [0.25, 0.3) is 0 Å². The highest BCUT2D eigenvalue weighted by atomic mass is 19.4. The fourth-order valence-electron chi connectivity index (χ4n) is 3.14. The SMILES string of the molecule is CC(=O)Nc1ccc(C(F)(OC(F)(F)C(F)(F)C(F)(F)F)C(F)(F)F)c(B(O)O)c1C(F)(OC(F)(F)C(F)(F)C(F)(F)F)C(F)(F)F. The molecule has 0 aliphatic carbocycles. The predicted molar refractivity (Wildman–Crippen MR) is 102 cm³/mol. The highest BCUT2D eigenvalue weighted by Gasteiger charge is 2.81. The van der Waals surface area contributed by atoms with Crippen molar-refractivity contribution >= 4 is 24.2 Å². The second-order valence-electron chi connectivity index (χ2n) is 8.57. The molecule has 1 aromatic carbocycles. The van der Waals surface area contributed by atoms with Gasteiger partial charge in [0, 0.05) is 29.2 Å². The van der Waals surface area contributed by atoms with Gasteiger partial charge in [-0.3, -0.25) is 14.3 Å². The van der Waals surface area contributed by atoms with Crippen molar-refractivity contribution in [3.05, 3.63) is 23.3 Å². The number of ether oxygens (including phenoxy) is 2. The number of carbonyl (C=O) groups is 1. The van der Waals surface area contributed by atoms with Crippen molar-refractivity contribution in [2.24, 2.45) is 0 Å². The van der Waals surface area contributed by atoms with E-state index in [0.29, 0.717) is 0 Å². The van der Waals surface area contributed by atoms with Crippen molar-refractivity contribution in [3.63, 3.8) is 0 Å². The monoisotopic (exact) mass is 747 g/mol. The number of anilines is 1. The Hall–Kier alpha value is -2.95. The lowest BCUT2D eigenvalue weighted by Gasteiger charge is -2.39. The minimum atomic E-state index is -7.93. The molecule has 1 rings (SSSR count). The van der Waals surface area contributed by atoms with E-state index in [1.165, 1.54) is 0 Å².